The number of halogens is 1. The summed E-state index contributed by atoms with van der Waals surface area (Å²) in [6.45, 7) is 5.68. The van der Waals surface area contributed by atoms with Gasteiger partial charge in [0.25, 0.3) is 0 Å². The Morgan fingerprint density at radius 1 is 1.24 bits per heavy atom. The molecule has 34 heavy (non-hydrogen) atoms. The number of hydrogen-bond donors (Lipinski definition) is 1. The fourth-order valence-electron chi connectivity index (χ4n) is 4.12. The molecule has 1 amide bonds. The van der Waals surface area contributed by atoms with Crippen molar-refractivity contribution in [1.82, 2.24) is 9.78 Å². The largest absolute Gasteiger partial charge is 0.496 e. The van der Waals surface area contributed by atoms with E-state index in [-0.39, 0.29) is 16.9 Å². The first-order valence-corrected chi connectivity index (χ1v) is 12.2. The summed E-state index contributed by atoms with van der Waals surface area (Å²) in [5.74, 6) is -0.143. The number of carbonyl (C=O) groups excluding carboxylic acids is 1. The number of methoxy groups -OCH3 is 1. The van der Waals surface area contributed by atoms with E-state index in [4.69, 9.17) is 21.4 Å². The topological polar surface area (TPSA) is 84.7 Å². The predicted octanol–water partition coefficient (Wildman–Crippen LogP) is 5.09. The van der Waals surface area contributed by atoms with Gasteiger partial charge >= 0.3 is 5.97 Å². The minimum atomic E-state index is -1.10. The van der Waals surface area contributed by atoms with Crippen LogP contribution >= 0.6 is 23.4 Å². The molecule has 0 saturated heterocycles. The van der Waals surface area contributed by atoms with Crippen LogP contribution in [0.5, 0.6) is 5.75 Å². The number of aromatic nitrogens is 2. The van der Waals surface area contributed by atoms with Gasteiger partial charge in [-0.25, -0.2) is 4.68 Å². The highest BCUT2D eigenvalue weighted by atomic mass is 35.5. The second-order valence-electron chi connectivity index (χ2n) is 9.03. The molecule has 0 spiro atoms. The molecule has 178 valence electrons. The molecule has 2 heterocycles. The number of benzene rings is 2. The van der Waals surface area contributed by atoms with Gasteiger partial charge in [-0.2, -0.15) is 5.10 Å². The van der Waals surface area contributed by atoms with Crippen LogP contribution in [0.4, 0.5) is 5.82 Å². The summed E-state index contributed by atoms with van der Waals surface area (Å²) in [7, 11) is 1.61. The van der Waals surface area contributed by atoms with Gasteiger partial charge in [0.2, 0.25) is 5.91 Å². The summed E-state index contributed by atoms with van der Waals surface area (Å²) in [5, 5.41) is 14.8. The number of amides is 1. The van der Waals surface area contributed by atoms with Crippen molar-refractivity contribution in [2.24, 2.45) is 0 Å². The van der Waals surface area contributed by atoms with Crippen LogP contribution in [0.1, 0.15) is 42.8 Å². The highest BCUT2D eigenvalue weighted by Crippen LogP contribution is 2.50. The lowest BCUT2D eigenvalue weighted by Crippen LogP contribution is -2.38. The number of aliphatic carboxylic acids is 1. The number of ether oxygens (including phenoxy) is 1. The Morgan fingerprint density at radius 3 is 2.62 bits per heavy atom. The molecule has 7 nitrogen and oxygen atoms in total. The zero-order valence-corrected chi connectivity index (χ0v) is 21.0. The summed E-state index contributed by atoms with van der Waals surface area (Å²) in [6, 6.07) is 14.8. The third kappa shape index (κ3) is 4.52. The van der Waals surface area contributed by atoms with Gasteiger partial charge in [-0.15, -0.1) is 11.8 Å². The summed E-state index contributed by atoms with van der Waals surface area (Å²) in [6.07, 6.45) is 0. The summed E-state index contributed by atoms with van der Waals surface area (Å²) >= 11 is 7.73. The van der Waals surface area contributed by atoms with Crippen LogP contribution < -0.4 is 9.64 Å². The average molecular weight is 500 g/mol. The number of carboxylic acid groups (broad SMARTS) is 1. The van der Waals surface area contributed by atoms with Gasteiger partial charge in [0, 0.05) is 21.6 Å². The molecular formula is C25H26ClN3O4S. The second kappa shape index (κ2) is 9.35. The maximum absolute atomic E-state index is 13.3. The quantitative estimate of drug-likeness (QED) is 0.526. The van der Waals surface area contributed by atoms with Crippen molar-refractivity contribution < 1.29 is 19.4 Å². The van der Waals surface area contributed by atoms with E-state index in [1.54, 1.807) is 30.0 Å². The molecule has 1 unspecified atom stereocenters. The van der Waals surface area contributed by atoms with Crippen molar-refractivity contribution in [3.63, 3.8) is 0 Å². The number of fused-ring (bicyclic) bond motifs is 1. The lowest BCUT2D eigenvalue weighted by molar-refractivity contribution is -0.136. The number of rotatable bonds is 5. The summed E-state index contributed by atoms with van der Waals surface area (Å²) in [5.41, 5.74) is 2.73. The number of thioether (sulfide) groups is 1. The van der Waals surface area contributed by atoms with Crippen molar-refractivity contribution in [1.29, 1.82) is 0 Å². The monoisotopic (exact) mass is 499 g/mol. The van der Waals surface area contributed by atoms with Crippen LogP contribution in [-0.4, -0.2) is 46.2 Å². The van der Waals surface area contributed by atoms with E-state index in [1.807, 2.05) is 30.3 Å². The number of nitrogens with zero attached hydrogens (tertiary/aromatic N) is 3. The van der Waals surface area contributed by atoms with Gasteiger partial charge < -0.3 is 9.84 Å². The lowest BCUT2D eigenvalue weighted by Gasteiger charge is -2.24. The number of carbonyl (C=O) groups is 2. The Labute approximate surface area is 207 Å². The Hall–Kier alpha value is -2.97. The number of carboxylic acids is 1. The first kappa shape index (κ1) is 24.2. The molecular weight excluding hydrogens is 474 g/mol. The summed E-state index contributed by atoms with van der Waals surface area (Å²) < 4.78 is 7.30. The van der Waals surface area contributed by atoms with Crippen LogP contribution in [-0.2, 0) is 15.0 Å². The molecule has 1 atom stereocenters. The van der Waals surface area contributed by atoms with Crippen molar-refractivity contribution in [2.45, 2.75) is 31.4 Å². The standard InChI is InChI=1S/C25H26ClN3O4S/c1-25(2,3)23-21-22(17-10-5-6-11-18(17)33-4)34-14-19(30)28(13-20(31)32)24(21)29(27-23)16-9-7-8-15(26)12-16/h5-12,22H,13-14H2,1-4H3,(H,31,32). The van der Waals surface area contributed by atoms with Crippen LogP contribution in [0.3, 0.4) is 0 Å². The third-order valence-electron chi connectivity index (χ3n) is 5.57. The van der Waals surface area contributed by atoms with E-state index < -0.39 is 17.9 Å². The third-order valence-corrected chi connectivity index (χ3v) is 7.04. The Kier molecular flexibility index (Phi) is 6.64. The van der Waals surface area contributed by atoms with Crippen molar-refractivity contribution >= 4 is 41.1 Å². The molecule has 1 aromatic heterocycles. The number of anilines is 1. The highest BCUT2D eigenvalue weighted by Gasteiger charge is 2.40. The zero-order chi connectivity index (χ0) is 24.6. The maximum atomic E-state index is 13.3. The molecule has 9 heteroatoms. The molecule has 1 aliphatic heterocycles. The van der Waals surface area contributed by atoms with Crippen LogP contribution in [0.25, 0.3) is 5.69 Å². The van der Waals surface area contributed by atoms with Crippen molar-refractivity contribution in [2.75, 3.05) is 24.3 Å². The van der Waals surface area contributed by atoms with Gasteiger partial charge in [0.05, 0.1) is 29.5 Å². The number of hydrogen-bond acceptors (Lipinski definition) is 5. The van der Waals surface area contributed by atoms with E-state index >= 15 is 0 Å². The maximum Gasteiger partial charge on any atom is 0.323 e. The first-order valence-electron chi connectivity index (χ1n) is 10.8. The fourth-order valence-corrected chi connectivity index (χ4v) is 5.53. The fraction of sp³-hybridized carbons (Fsp3) is 0.320. The molecule has 1 N–H and O–H groups in total. The van der Waals surface area contributed by atoms with Gasteiger partial charge in [-0.1, -0.05) is 56.6 Å². The molecule has 3 aromatic rings. The van der Waals surface area contributed by atoms with Gasteiger partial charge in [0.15, 0.2) is 0 Å². The zero-order valence-electron chi connectivity index (χ0n) is 19.4. The molecule has 0 radical (unpaired) electrons. The molecule has 2 aromatic carbocycles. The van der Waals surface area contributed by atoms with E-state index in [0.717, 1.165) is 16.8 Å². The molecule has 0 fully saturated rings. The Morgan fingerprint density at radius 2 is 1.97 bits per heavy atom. The van der Waals surface area contributed by atoms with Gasteiger partial charge in [0.1, 0.15) is 18.1 Å². The second-order valence-corrected chi connectivity index (χ2v) is 10.6. The van der Waals surface area contributed by atoms with Crippen molar-refractivity contribution in [3.8, 4) is 11.4 Å². The summed E-state index contributed by atoms with van der Waals surface area (Å²) in [4.78, 5) is 26.4. The van der Waals surface area contributed by atoms with Gasteiger partial charge in [-0.05, 0) is 24.3 Å². The number of para-hydroxylation sites is 1. The Bertz CT molecular complexity index is 1250. The molecule has 0 bridgehead atoms. The van der Waals surface area contributed by atoms with Gasteiger partial charge in [-0.3, -0.25) is 14.5 Å². The Balaban J connectivity index is 2.10. The van der Waals surface area contributed by atoms with Crippen LogP contribution in [0.2, 0.25) is 5.02 Å². The normalized spacial score (nSPS) is 16.2. The van der Waals surface area contributed by atoms with E-state index in [2.05, 4.69) is 20.8 Å². The SMILES string of the molecule is COc1ccccc1C1SCC(=O)N(CC(=O)O)c2c1c(C(C)(C)C)nn2-c1cccc(Cl)c1. The van der Waals surface area contributed by atoms with Crippen LogP contribution in [0, 0.1) is 0 Å². The molecule has 0 saturated carbocycles. The predicted molar refractivity (Wildman–Crippen MR) is 135 cm³/mol. The molecule has 1 aliphatic rings. The van der Waals surface area contributed by atoms with E-state index in [9.17, 15) is 14.7 Å². The van der Waals surface area contributed by atoms with Crippen molar-refractivity contribution in [3.05, 3.63) is 70.4 Å². The highest BCUT2D eigenvalue weighted by molar-refractivity contribution is 8.00. The minimum absolute atomic E-state index is 0.115. The smallest absolute Gasteiger partial charge is 0.323 e. The van der Waals surface area contributed by atoms with Crippen LogP contribution in [0.15, 0.2) is 48.5 Å². The first-order chi connectivity index (χ1) is 16.1. The van der Waals surface area contributed by atoms with E-state index in [1.165, 1.54) is 16.7 Å². The minimum Gasteiger partial charge on any atom is -0.496 e. The van der Waals surface area contributed by atoms with E-state index in [0.29, 0.717) is 22.3 Å². The average Bonchev–Trinajstić information content (AvgIpc) is 3.12. The molecule has 4 rings (SSSR count). The lowest BCUT2D eigenvalue weighted by atomic mass is 9.87. The molecule has 0 aliphatic carbocycles.